The van der Waals surface area contributed by atoms with E-state index in [0.29, 0.717) is 42.6 Å². The number of nitrogens with zero attached hydrogens (tertiary/aromatic N) is 2. The Balaban J connectivity index is 0.00000225. The van der Waals surface area contributed by atoms with Crippen molar-refractivity contribution < 1.29 is 14.2 Å². The zero-order valence-electron chi connectivity index (χ0n) is 17.5. The van der Waals surface area contributed by atoms with Crippen LogP contribution in [0.3, 0.4) is 0 Å². The van der Waals surface area contributed by atoms with E-state index in [9.17, 15) is 0 Å². The van der Waals surface area contributed by atoms with Crippen LogP contribution in [0.1, 0.15) is 45.4 Å². The lowest BCUT2D eigenvalue weighted by Gasteiger charge is -2.57. The molecule has 7 heteroatoms. The molecule has 4 atom stereocenters. The van der Waals surface area contributed by atoms with E-state index in [1.165, 1.54) is 38.5 Å². The number of rotatable bonds is 7. The SMILES string of the molecule is CCN=C(NC1C2CCOC2C12CCCC2)N1CCC(COCCOC)C1.I. The standard InChI is InChI=1S/C21H37N3O3.HI/c1-3-22-20(24-10-6-16(14-24)15-26-13-12-25-2)23-18-17-7-11-27-19(17)21(18)8-4-5-9-21;/h16-19H,3-15H2,1-2H3,(H,22,23);1H. The summed E-state index contributed by atoms with van der Waals surface area (Å²) in [5, 5.41) is 3.93. The summed E-state index contributed by atoms with van der Waals surface area (Å²) in [5.41, 5.74) is 0.373. The van der Waals surface area contributed by atoms with Gasteiger partial charge in [-0.15, -0.1) is 24.0 Å². The average Bonchev–Trinajstić information content (AvgIpc) is 3.42. The topological polar surface area (TPSA) is 55.3 Å². The number of aliphatic imine (C=N–C) groups is 1. The maximum Gasteiger partial charge on any atom is 0.194 e. The quantitative estimate of drug-likeness (QED) is 0.249. The van der Waals surface area contributed by atoms with Crippen LogP contribution in [0.25, 0.3) is 0 Å². The van der Waals surface area contributed by atoms with Crippen molar-refractivity contribution in [1.82, 2.24) is 10.2 Å². The number of halogens is 1. The lowest BCUT2D eigenvalue weighted by molar-refractivity contribution is -0.125. The maximum absolute atomic E-state index is 6.15. The summed E-state index contributed by atoms with van der Waals surface area (Å²) in [6.45, 7) is 8.22. The van der Waals surface area contributed by atoms with Gasteiger partial charge in [0.05, 0.1) is 25.9 Å². The van der Waals surface area contributed by atoms with E-state index in [-0.39, 0.29) is 24.0 Å². The van der Waals surface area contributed by atoms with Crippen molar-refractivity contribution in [3.05, 3.63) is 0 Å². The van der Waals surface area contributed by atoms with E-state index in [1.807, 2.05) is 0 Å². The van der Waals surface area contributed by atoms with Crippen molar-refractivity contribution in [2.24, 2.45) is 22.2 Å². The molecule has 162 valence electrons. The summed E-state index contributed by atoms with van der Waals surface area (Å²) in [5.74, 6) is 2.40. The number of guanidine groups is 1. The summed E-state index contributed by atoms with van der Waals surface area (Å²) < 4.78 is 17.0. The molecule has 0 amide bonds. The van der Waals surface area contributed by atoms with Gasteiger partial charge in [0.15, 0.2) is 5.96 Å². The minimum absolute atomic E-state index is 0. The Morgan fingerprint density at radius 1 is 1.25 bits per heavy atom. The Morgan fingerprint density at radius 2 is 2.07 bits per heavy atom. The Kier molecular flexibility index (Phi) is 8.27. The number of hydrogen-bond donors (Lipinski definition) is 1. The zero-order valence-corrected chi connectivity index (χ0v) is 19.9. The van der Waals surface area contributed by atoms with E-state index < -0.39 is 0 Å². The van der Waals surface area contributed by atoms with E-state index in [1.54, 1.807) is 7.11 Å². The van der Waals surface area contributed by atoms with Crippen molar-refractivity contribution in [3.63, 3.8) is 0 Å². The fraction of sp³-hybridized carbons (Fsp3) is 0.952. The lowest BCUT2D eigenvalue weighted by Crippen LogP contribution is -2.69. The molecule has 4 unspecified atom stereocenters. The highest BCUT2D eigenvalue weighted by molar-refractivity contribution is 14.0. The van der Waals surface area contributed by atoms with Crippen molar-refractivity contribution in [3.8, 4) is 0 Å². The molecule has 2 aliphatic carbocycles. The van der Waals surface area contributed by atoms with Crippen LogP contribution in [-0.4, -0.2) is 76.2 Å². The number of likely N-dealkylation sites (tertiary alicyclic amines) is 1. The van der Waals surface area contributed by atoms with Crippen LogP contribution in [0.2, 0.25) is 0 Å². The summed E-state index contributed by atoms with van der Waals surface area (Å²) in [7, 11) is 1.72. The first kappa shape index (κ1) is 22.6. The van der Waals surface area contributed by atoms with Gasteiger partial charge in [-0.2, -0.15) is 0 Å². The molecule has 4 aliphatic rings. The van der Waals surface area contributed by atoms with Crippen molar-refractivity contribution in [2.75, 3.05) is 53.2 Å². The van der Waals surface area contributed by atoms with E-state index in [2.05, 4.69) is 17.1 Å². The summed E-state index contributed by atoms with van der Waals surface area (Å²) in [4.78, 5) is 7.33. The molecule has 2 heterocycles. The first-order valence-corrected chi connectivity index (χ1v) is 11.0. The van der Waals surface area contributed by atoms with E-state index in [0.717, 1.165) is 38.8 Å². The molecule has 6 nitrogen and oxygen atoms in total. The van der Waals surface area contributed by atoms with Gasteiger partial charge in [0.1, 0.15) is 0 Å². The molecule has 4 fully saturated rings. The summed E-state index contributed by atoms with van der Waals surface area (Å²) in [6.07, 6.45) is 8.25. The predicted octanol–water partition coefficient (Wildman–Crippen LogP) is 2.90. The monoisotopic (exact) mass is 507 g/mol. The number of fused-ring (bicyclic) bond motifs is 2. The highest BCUT2D eigenvalue weighted by Gasteiger charge is 2.65. The molecule has 0 aromatic carbocycles. The molecular weight excluding hydrogens is 469 g/mol. The van der Waals surface area contributed by atoms with Gasteiger partial charge < -0.3 is 24.4 Å². The Hall–Kier alpha value is -0.120. The highest BCUT2D eigenvalue weighted by Crippen LogP contribution is 2.60. The van der Waals surface area contributed by atoms with Gasteiger partial charge in [0, 0.05) is 56.6 Å². The molecule has 1 N–H and O–H groups in total. The third kappa shape index (κ3) is 4.32. The van der Waals surface area contributed by atoms with Gasteiger partial charge in [-0.1, -0.05) is 12.8 Å². The molecule has 28 heavy (non-hydrogen) atoms. The van der Waals surface area contributed by atoms with Crippen LogP contribution in [0, 0.1) is 17.3 Å². The molecule has 2 aliphatic heterocycles. The number of ether oxygens (including phenoxy) is 3. The Bertz CT molecular complexity index is 527. The molecule has 4 rings (SSSR count). The van der Waals surface area contributed by atoms with Gasteiger partial charge in [-0.3, -0.25) is 4.99 Å². The summed E-state index contributed by atoms with van der Waals surface area (Å²) in [6, 6.07) is 0.551. The van der Waals surface area contributed by atoms with Gasteiger partial charge >= 0.3 is 0 Å². The van der Waals surface area contributed by atoms with Crippen LogP contribution in [0.4, 0.5) is 0 Å². The largest absolute Gasteiger partial charge is 0.382 e. The minimum atomic E-state index is 0. The minimum Gasteiger partial charge on any atom is -0.382 e. The molecule has 0 bridgehead atoms. The smallest absolute Gasteiger partial charge is 0.194 e. The first-order valence-electron chi connectivity index (χ1n) is 11.0. The highest BCUT2D eigenvalue weighted by atomic mass is 127. The summed E-state index contributed by atoms with van der Waals surface area (Å²) >= 11 is 0. The second kappa shape index (κ2) is 10.3. The Morgan fingerprint density at radius 3 is 2.82 bits per heavy atom. The fourth-order valence-corrected chi connectivity index (χ4v) is 5.98. The normalized spacial score (nSPS) is 33.6. The molecule has 0 aromatic heterocycles. The van der Waals surface area contributed by atoms with Crippen LogP contribution >= 0.6 is 24.0 Å². The average molecular weight is 507 g/mol. The Labute approximate surface area is 187 Å². The molecule has 0 aromatic rings. The van der Waals surface area contributed by atoms with Crippen LogP contribution in [0.15, 0.2) is 4.99 Å². The van der Waals surface area contributed by atoms with Crippen LogP contribution in [-0.2, 0) is 14.2 Å². The zero-order chi connectivity index (χ0) is 18.7. The lowest BCUT2D eigenvalue weighted by atomic mass is 9.54. The van der Waals surface area contributed by atoms with Crippen molar-refractivity contribution in [2.45, 2.75) is 57.6 Å². The second-order valence-electron chi connectivity index (χ2n) is 8.77. The first-order chi connectivity index (χ1) is 13.3. The molecule has 1 spiro atoms. The third-order valence-electron chi connectivity index (χ3n) is 7.25. The van der Waals surface area contributed by atoms with Crippen molar-refractivity contribution >= 4 is 29.9 Å². The van der Waals surface area contributed by atoms with E-state index in [4.69, 9.17) is 19.2 Å². The number of methoxy groups -OCH3 is 1. The van der Waals surface area contributed by atoms with Gasteiger partial charge in [-0.05, 0) is 32.6 Å². The second-order valence-corrected chi connectivity index (χ2v) is 8.77. The van der Waals surface area contributed by atoms with Crippen LogP contribution in [0.5, 0.6) is 0 Å². The van der Waals surface area contributed by atoms with Gasteiger partial charge in [0.2, 0.25) is 0 Å². The molecular formula is C21H38IN3O3. The van der Waals surface area contributed by atoms with Crippen LogP contribution < -0.4 is 5.32 Å². The molecule has 0 radical (unpaired) electrons. The number of hydrogen-bond acceptors (Lipinski definition) is 4. The van der Waals surface area contributed by atoms with E-state index >= 15 is 0 Å². The predicted molar refractivity (Wildman–Crippen MR) is 121 cm³/mol. The van der Waals surface area contributed by atoms with Gasteiger partial charge in [0.25, 0.3) is 0 Å². The molecule has 2 saturated heterocycles. The fourth-order valence-electron chi connectivity index (χ4n) is 5.98. The molecule has 2 saturated carbocycles. The van der Waals surface area contributed by atoms with Gasteiger partial charge in [-0.25, -0.2) is 0 Å². The third-order valence-corrected chi connectivity index (χ3v) is 7.25. The number of nitrogens with one attached hydrogen (secondary N) is 1. The van der Waals surface area contributed by atoms with Crippen molar-refractivity contribution in [1.29, 1.82) is 0 Å². The maximum atomic E-state index is 6.15.